The summed E-state index contributed by atoms with van der Waals surface area (Å²) in [5, 5.41) is 14.6. The van der Waals surface area contributed by atoms with Gasteiger partial charge in [-0.3, -0.25) is 4.79 Å². The fourth-order valence-electron chi connectivity index (χ4n) is 2.75. The third-order valence-corrected chi connectivity index (χ3v) is 4.25. The number of pyridine rings is 1. The lowest BCUT2D eigenvalue weighted by molar-refractivity contribution is 0.0863. The van der Waals surface area contributed by atoms with Crippen molar-refractivity contribution in [1.29, 1.82) is 0 Å². The van der Waals surface area contributed by atoms with Crippen LogP contribution in [0.1, 0.15) is 36.2 Å². The van der Waals surface area contributed by atoms with E-state index in [1.165, 1.54) is 0 Å². The van der Waals surface area contributed by atoms with Crippen LogP contribution in [0.5, 0.6) is 0 Å². The second kappa shape index (κ2) is 6.00. The van der Waals surface area contributed by atoms with Gasteiger partial charge in [-0.25, -0.2) is 4.98 Å². The zero-order valence-electron chi connectivity index (χ0n) is 11.6. The Bertz CT molecular complexity index is 666. The Hall–Kier alpha value is -1.65. The van der Waals surface area contributed by atoms with Gasteiger partial charge in [0.15, 0.2) is 0 Å². The molecule has 1 heterocycles. The number of rotatable bonds is 2. The molecule has 0 unspecified atom stereocenters. The van der Waals surface area contributed by atoms with Crippen molar-refractivity contribution in [3.05, 3.63) is 41.2 Å². The predicted octanol–water partition coefficient (Wildman–Crippen LogP) is 2.92. The summed E-state index contributed by atoms with van der Waals surface area (Å²) < 4.78 is 0. The van der Waals surface area contributed by atoms with E-state index < -0.39 is 0 Å². The van der Waals surface area contributed by atoms with Gasteiger partial charge in [-0.2, -0.15) is 0 Å². The molecule has 0 spiro atoms. The van der Waals surface area contributed by atoms with E-state index in [1.807, 2.05) is 24.3 Å². The smallest absolute Gasteiger partial charge is 0.270 e. The first-order chi connectivity index (χ1) is 10.1. The minimum atomic E-state index is -0.230. The van der Waals surface area contributed by atoms with Crippen LogP contribution in [0.2, 0.25) is 5.15 Å². The summed E-state index contributed by atoms with van der Waals surface area (Å²) in [6.45, 7) is 0. The Labute approximate surface area is 128 Å². The molecular weight excluding hydrogens is 288 g/mol. The van der Waals surface area contributed by atoms with E-state index in [-0.39, 0.29) is 18.1 Å². The number of hydrogen-bond acceptors (Lipinski definition) is 3. The van der Waals surface area contributed by atoms with Gasteiger partial charge in [0.2, 0.25) is 0 Å². The topological polar surface area (TPSA) is 62.2 Å². The van der Waals surface area contributed by atoms with Crippen LogP contribution in [0.4, 0.5) is 0 Å². The van der Waals surface area contributed by atoms with Crippen molar-refractivity contribution < 1.29 is 9.90 Å². The Balaban J connectivity index is 1.78. The van der Waals surface area contributed by atoms with E-state index >= 15 is 0 Å². The van der Waals surface area contributed by atoms with Crippen molar-refractivity contribution in [3.8, 4) is 0 Å². The molecule has 1 amide bonds. The standard InChI is InChI=1S/C16H17ClN2O2/c17-15-13-4-2-1-3-10(13)9-14(19-15)16(21)18-11-5-7-12(20)8-6-11/h1-4,9,11-12,20H,5-8H2,(H,18,21). The number of nitrogens with zero attached hydrogens (tertiary/aromatic N) is 1. The molecule has 0 radical (unpaired) electrons. The Morgan fingerprint density at radius 3 is 2.71 bits per heavy atom. The third-order valence-electron chi connectivity index (χ3n) is 3.96. The maximum Gasteiger partial charge on any atom is 0.270 e. The number of aliphatic hydroxyl groups is 1. The Morgan fingerprint density at radius 1 is 1.24 bits per heavy atom. The highest BCUT2D eigenvalue weighted by Gasteiger charge is 2.22. The van der Waals surface area contributed by atoms with Gasteiger partial charge in [0.1, 0.15) is 10.8 Å². The van der Waals surface area contributed by atoms with Crippen LogP contribution >= 0.6 is 11.6 Å². The number of aliphatic hydroxyl groups excluding tert-OH is 1. The number of carbonyl (C=O) groups excluding carboxylic acids is 1. The van der Waals surface area contributed by atoms with Crippen molar-refractivity contribution in [2.75, 3.05) is 0 Å². The molecule has 5 heteroatoms. The molecule has 21 heavy (non-hydrogen) atoms. The zero-order chi connectivity index (χ0) is 14.8. The zero-order valence-corrected chi connectivity index (χ0v) is 12.3. The number of hydrogen-bond donors (Lipinski definition) is 2. The van der Waals surface area contributed by atoms with Gasteiger partial charge in [-0.1, -0.05) is 35.9 Å². The summed E-state index contributed by atoms with van der Waals surface area (Å²) in [5.74, 6) is -0.205. The number of nitrogens with one attached hydrogen (secondary N) is 1. The lowest BCUT2D eigenvalue weighted by atomic mass is 9.93. The minimum Gasteiger partial charge on any atom is -0.393 e. The first-order valence-electron chi connectivity index (χ1n) is 7.17. The van der Waals surface area contributed by atoms with Gasteiger partial charge >= 0.3 is 0 Å². The van der Waals surface area contributed by atoms with Crippen LogP contribution in [-0.4, -0.2) is 28.1 Å². The number of benzene rings is 1. The first kappa shape index (κ1) is 14.3. The average Bonchev–Trinajstić information content (AvgIpc) is 2.49. The molecular formula is C16H17ClN2O2. The summed E-state index contributed by atoms with van der Waals surface area (Å²) in [6, 6.07) is 9.46. The molecule has 110 valence electrons. The number of halogens is 1. The fourth-order valence-corrected chi connectivity index (χ4v) is 3.02. The molecule has 2 N–H and O–H groups in total. The molecule has 3 rings (SSSR count). The van der Waals surface area contributed by atoms with E-state index in [4.69, 9.17) is 11.6 Å². The van der Waals surface area contributed by atoms with Crippen LogP contribution in [0.25, 0.3) is 10.8 Å². The van der Waals surface area contributed by atoms with Gasteiger partial charge in [0.25, 0.3) is 5.91 Å². The molecule has 1 aliphatic carbocycles. The largest absolute Gasteiger partial charge is 0.393 e. The summed E-state index contributed by atoms with van der Waals surface area (Å²) in [4.78, 5) is 16.5. The van der Waals surface area contributed by atoms with Crippen molar-refractivity contribution in [1.82, 2.24) is 10.3 Å². The van der Waals surface area contributed by atoms with Crippen LogP contribution in [0, 0.1) is 0 Å². The lowest BCUT2D eigenvalue weighted by Gasteiger charge is -2.26. The monoisotopic (exact) mass is 304 g/mol. The van der Waals surface area contributed by atoms with Gasteiger partial charge in [-0.05, 0) is 37.1 Å². The maximum absolute atomic E-state index is 12.3. The molecule has 0 bridgehead atoms. The van der Waals surface area contributed by atoms with Gasteiger partial charge < -0.3 is 10.4 Å². The number of aromatic nitrogens is 1. The first-order valence-corrected chi connectivity index (χ1v) is 7.55. The van der Waals surface area contributed by atoms with Crippen molar-refractivity contribution in [2.24, 2.45) is 0 Å². The molecule has 0 aliphatic heterocycles. The molecule has 1 saturated carbocycles. The maximum atomic E-state index is 12.3. The predicted molar refractivity (Wildman–Crippen MR) is 82.5 cm³/mol. The van der Waals surface area contributed by atoms with Gasteiger partial charge in [0.05, 0.1) is 6.10 Å². The van der Waals surface area contributed by atoms with Crippen LogP contribution in [0.3, 0.4) is 0 Å². The normalized spacial score (nSPS) is 22.2. The third kappa shape index (κ3) is 3.17. The number of fused-ring (bicyclic) bond motifs is 1. The molecule has 0 atom stereocenters. The highest BCUT2D eigenvalue weighted by atomic mass is 35.5. The molecule has 1 fully saturated rings. The van der Waals surface area contributed by atoms with Crippen molar-refractivity contribution >= 4 is 28.3 Å². The van der Waals surface area contributed by atoms with Crippen molar-refractivity contribution in [2.45, 2.75) is 37.8 Å². The number of carbonyl (C=O) groups is 1. The van der Waals surface area contributed by atoms with E-state index in [0.717, 1.165) is 36.5 Å². The van der Waals surface area contributed by atoms with Crippen LogP contribution in [0.15, 0.2) is 30.3 Å². The summed E-state index contributed by atoms with van der Waals surface area (Å²) in [7, 11) is 0. The average molecular weight is 305 g/mol. The van der Waals surface area contributed by atoms with Crippen molar-refractivity contribution in [3.63, 3.8) is 0 Å². The summed E-state index contributed by atoms with van der Waals surface area (Å²) in [6.07, 6.45) is 2.84. The molecule has 0 saturated heterocycles. The fraction of sp³-hybridized carbons (Fsp3) is 0.375. The minimum absolute atomic E-state index is 0.105. The molecule has 4 nitrogen and oxygen atoms in total. The molecule has 1 aromatic carbocycles. The highest BCUT2D eigenvalue weighted by molar-refractivity contribution is 6.34. The summed E-state index contributed by atoms with van der Waals surface area (Å²) >= 11 is 6.14. The SMILES string of the molecule is O=C(NC1CCC(O)CC1)c1cc2ccccc2c(Cl)n1. The van der Waals surface area contributed by atoms with Crippen LogP contribution < -0.4 is 5.32 Å². The summed E-state index contributed by atoms with van der Waals surface area (Å²) in [5.41, 5.74) is 0.338. The van der Waals surface area contributed by atoms with Gasteiger partial charge in [0, 0.05) is 11.4 Å². The molecule has 1 aliphatic rings. The second-order valence-electron chi connectivity index (χ2n) is 5.50. The quantitative estimate of drug-likeness (QED) is 0.839. The second-order valence-corrected chi connectivity index (χ2v) is 5.86. The highest BCUT2D eigenvalue weighted by Crippen LogP contribution is 2.23. The van der Waals surface area contributed by atoms with E-state index in [2.05, 4.69) is 10.3 Å². The van der Waals surface area contributed by atoms with E-state index in [9.17, 15) is 9.90 Å². The molecule has 1 aromatic heterocycles. The Morgan fingerprint density at radius 2 is 1.95 bits per heavy atom. The Kier molecular flexibility index (Phi) is 4.08. The molecule has 2 aromatic rings. The van der Waals surface area contributed by atoms with Gasteiger partial charge in [-0.15, -0.1) is 0 Å². The van der Waals surface area contributed by atoms with E-state index in [1.54, 1.807) is 6.07 Å². The van der Waals surface area contributed by atoms with E-state index in [0.29, 0.717) is 10.8 Å². The van der Waals surface area contributed by atoms with Crippen LogP contribution in [-0.2, 0) is 0 Å². The lowest BCUT2D eigenvalue weighted by Crippen LogP contribution is -2.38. The number of amides is 1.